The van der Waals surface area contributed by atoms with Gasteiger partial charge in [0.2, 0.25) is 10.0 Å². The molecule has 142 valence electrons. The zero-order chi connectivity index (χ0) is 19.8. The topological polar surface area (TPSA) is 80.3 Å². The second-order valence-corrected chi connectivity index (χ2v) is 9.44. The lowest BCUT2D eigenvalue weighted by atomic mass is 10.1. The Morgan fingerprint density at radius 3 is 2.08 bits per heavy atom. The van der Waals surface area contributed by atoms with E-state index in [9.17, 15) is 30.0 Å². The number of rotatable bonds is 5. The van der Waals surface area contributed by atoms with Gasteiger partial charge in [-0.2, -0.15) is 13.2 Å². The van der Waals surface area contributed by atoms with Crippen LogP contribution >= 0.6 is 0 Å². The summed E-state index contributed by atoms with van der Waals surface area (Å²) in [6.45, 7) is 1.40. The highest BCUT2D eigenvalue weighted by Gasteiger charge is 2.31. The molecule has 2 aromatic rings. The van der Waals surface area contributed by atoms with Gasteiger partial charge in [-0.1, -0.05) is 18.2 Å². The predicted octanol–water partition coefficient (Wildman–Crippen LogP) is 3.15. The van der Waals surface area contributed by atoms with E-state index in [-0.39, 0.29) is 15.4 Å². The van der Waals surface area contributed by atoms with Gasteiger partial charge in [0.1, 0.15) is 0 Å². The normalized spacial score (nSPS) is 14.2. The average Bonchev–Trinajstić information content (AvgIpc) is 2.53. The fraction of sp³-hybridized carbons (Fsp3) is 0.250. The van der Waals surface area contributed by atoms with Gasteiger partial charge >= 0.3 is 6.18 Å². The summed E-state index contributed by atoms with van der Waals surface area (Å²) in [7, 11) is -7.74. The van der Waals surface area contributed by atoms with Crippen molar-refractivity contribution in [3.05, 3.63) is 59.7 Å². The van der Waals surface area contributed by atoms with Crippen molar-refractivity contribution in [2.24, 2.45) is 0 Å². The molecule has 1 atom stereocenters. The molecule has 0 aliphatic carbocycles. The van der Waals surface area contributed by atoms with Gasteiger partial charge in [0.15, 0.2) is 9.84 Å². The van der Waals surface area contributed by atoms with Gasteiger partial charge in [0.25, 0.3) is 0 Å². The molecule has 0 fully saturated rings. The van der Waals surface area contributed by atoms with Crippen LogP contribution in [0.2, 0.25) is 0 Å². The first-order chi connectivity index (χ1) is 11.8. The number of hydrogen-bond donors (Lipinski definition) is 1. The van der Waals surface area contributed by atoms with Gasteiger partial charge in [-0.25, -0.2) is 21.6 Å². The molecule has 0 bridgehead atoms. The van der Waals surface area contributed by atoms with Crippen LogP contribution in [0.5, 0.6) is 0 Å². The molecule has 1 unspecified atom stereocenters. The predicted molar refractivity (Wildman–Crippen MR) is 89.7 cm³/mol. The van der Waals surface area contributed by atoms with E-state index >= 15 is 0 Å². The second kappa shape index (κ2) is 7.01. The first kappa shape index (κ1) is 20.4. The molecule has 0 amide bonds. The molecule has 5 nitrogen and oxygen atoms in total. The molecule has 2 aromatic carbocycles. The number of halogens is 3. The van der Waals surface area contributed by atoms with Crippen molar-refractivity contribution in [3.8, 4) is 0 Å². The van der Waals surface area contributed by atoms with Crippen LogP contribution in [0, 0.1) is 0 Å². The second-order valence-electron chi connectivity index (χ2n) is 5.71. The van der Waals surface area contributed by atoms with Crippen molar-refractivity contribution in [1.82, 2.24) is 4.72 Å². The molecule has 0 spiro atoms. The van der Waals surface area contributed by atoms with E-state index in [1.165, 1.54) is 37.3 Å². The summed E-state index contributed by atoms with van der Waals surface area (Å²) < 4.78 is 88.7. The number of sulfone groups is 1. The smallest absolute Gasteiger partial charge is 0.224 e. The Balaban J connectivity index is 2.33. The van der Waals surface area contributed by atoms with Crippen molar-refractivity contribution in [1.29, 1.82) is 0 Å². The molecule has 0 aliphatic rings. The average molecular weight is 407 g/mol. The number of nitrogens with one attached hydrogen (secondary N) is 1. The first-order valence-electron chi connectivity index (χ1n) is 7.30. The quantitative estimate of drug-likeness (QED) is 0.826. The van der Waals surface area contributed by atoms with Crippen LogP contribution in [0.3, 0.4) is 0 Å². The van der Waals surface area contributed by atoms with Gasteiger partial charge < -0.3 is 0 Å². The minimum atomic E-state index is -4.54. The van der Waals surface area contributed by atoms with E-state index in [0.717, 1.165) is 24.5 Å². The molecule has 0 saturated carbocycles. The molecule has 0 aromatic heterocycles. The fourth-order valence-electron chi connectivity index (χ4n) is 2.23. The van der Waals surface area contributed by atoms with Crippen molar-refractivity contribution in [2.45, 2.75) is 28.9 Å². The van der Waals surface area contributed by atoms with Gasteiger partial charge in [0.05, 0.1) is 15.4 Å². The standard InChI is InChI=1S/C16H16F3NO4S2/c1-11(12-5-3-6-13(9-12)16(17,18)19)20-26(23,24)15-8-4-7-14(10-15)25(2,21)22/h3-11,20H,1-2H3. The number of sulfonamides is 1. The van der Waals surface area contributed by atoms with E-state index in [1.807, 2.05) is 0 Å². The minimum Gasteiger partial charge on any atom is -0.224 e. The molecule has 0 heterocycles. The Kier molecular flexibility index (Phi) is 5.50. The van der Waals surface area contributed by atoms with E-state index in [0.29, 0.717) is 0 Å². The van der Waals surface area contributed by atoms with Crippen LogP contribution in [-0.2, 0) is 26.0 Å². The summed E-state index contributed by atoms with van der Waals surface area (Å²) in [5, 5.41) is 0. The maximum absolute atomic E-state index is 12.8. The lowest BCUT2D eigenvalue weighted by Crippen LogP contribution is -2.27. The third kappa shape index (κ3) is 4.83. The van der Waals surface area contributed by atoms with Crippen molar-refractivity contribution in [2.75, 3.05) is 6.26 Å². The number of alkyl halides is 3. The van der Waals surface area contributed by atoms with Crippen molar-refractivity contribution >= 4 is 19.9 Å². The zero-order valence-corrected chi connectivity index (χ0v) is 15.4. The van der Waals surface area contributed by atoms with Crippen molar-refractivity contribution < 1.29 is 30.0 Å². The summed E-state index contributed by atoms with van der Waals surface area (Å²) >= 11 is 0. The summed E-state index contributed by atoms with van der Waals surface area (Å²) in [5.74, 6) is 0. The van der Waals surface area contributed by atoms with Crippen LogP contribution in [-0.4, -0.2) is 23.1 Å². The van der Waals surface area contributed by atoms with Gasteiger partial charge in [-0.05, 0) is 42.8 Å². The molecule has 2 rings (SSSR count). The van der Waals surface area contributed by atoms with E-state index in [2.05, 4.69) is 4.72 Å². The highest BCUT2D eigenvalue weighted by Crippen LogP contribution is 2.31. The monoisotopic (exact) mass is 407 g/mol. The maximum atomic E-state index is 12.8. The third-order valence-electron chi connectivity index (χ3n) is 3.59. The van der Waals surface area contributed by atoms with Crippen LogP contribution in [0.1, 0.15) is 24.1 Å². The van der Waals surface area contributed by atoms with E-state index in [1.54, 1.807) is 0 Å². The Morgan fingerprint density at radius 2 is 1.50 bits per heavy atom. The highest BCUT2D eigenvalue weighted by molar-refractivity contribution is 7.91. The highest BCUT2D eigenvalue weighted by atomic mass is 32.2. The molecule has 0 radical (unpaired) electrons. The molecule has 1 N–H and O–H groups in total. The SMILES string of the molecule is CC(NS(=O)(=O)c1cccc(S(C)(=O)=O)c1)c1cccc(C(F)(F)F)c1. The zero-order valence-electron chi connectivity index (χ0n) is 13.8. The Bertz CT molecular complexity index is 1020. The Labute approximate surface area is 149 Å². The largest absolute Gasteiger partial charge is 0.416 e. The lowest BCUT2D eigenvalue weighted by Gasteiger charge is -2.16. The molecule has 10 heteroatoms. The number of benzene rings is 2. The fourth-order valence-corrected chi connectivity index (χ4v) is 4.24. The minimum absolute atomic E-state index is 0.127. The molecule has 0 saturated heterocycles. The first-order valence-corrected chi connectivity index (χ1v) is 10.7. The maximum Gasteiger partial charge on any atom is 0.416 e. The van der Waals surface area contributed by atoms with Crippen LogP contribution < -0.4 is 4.72 Å². The summed E-state index contributed by atoms with van der Waals surface area (Å²) in [6.07, 6.45) is -3.60. The molecular weight excluding hydrogens is 391 g/mol. The molecular formula is C16H16F3NO4S2. The van der Waals surface area contributed by atoms with E-state index in [4.69, 9.17) is 0 Å². The van der Waals surface area contributed by atoms with Gasteiger partial charge in [0, 0.05) is 12.3 Å². The summed E-state index contributed by atoms with van der Waals surface area (Å²) in [4.78, 5) is -0.466. The van der Waals surface area contributed by atoms with Crippen LogP contribution in [0.25, 0.3) is 0 Å². The van der Waals surface area contributed by atoms with Crippen LogP contribution in [0.4, 0.5) is 13.2 Å². The van der Waals surface area contributed by atoms with Gasteiger partial charge in [-0.15, -0.1) is 0 Å². The Hall–Kier alpha value is -1.91. The van der Waals surface area contributed by atoms with E-state index < -0.39 is 37.6 Å². The Morgan fingerprint density at radius 1 is 0.923 bits per heavy atom. The van der Waals surface area contributed by atoms with Crippen molar-refractivity contribution in [3.63, 3.8) is 0 Å². The summed E-state index contributed by atoms with van der Waals surface area (Å²) in [6, 6.07) is 8.09. The van der Waals surface area contributed by atoms with Gasteiger partial charge in [-0.3, -0.25) is 0 Å². The number of hydrogen-bond acceptors (Lipinski definition) is 4. The van der Waals surface area contributed by atoms with Crippen LogP contribution in [0.15, 0.2) is 58.3 Å². The summed E-state index contributed by atoms with van der Waals surface area (Å²) in [5.41, 5.74) is -0.761. The molecule has 26 heavy (non-hydrogen) atoms. The third-order valence-corrected chi connectivity index (χ3v) is 6.24. The molecule has 0 aliphatic heterocycles. The lowest BCUT2D eigenvalue weighted by molar-refractivity contribution is -0.137.